The smallest absolute Gasteiger partial charge is 0.206 e. The van der Waals surface area contributed by atoms with E-state index in [1.165, 1.54) is 11.3 Å². The van der Waals surface area contributed by atoms with Crippen LogP contribution in [-0.2, 0) is 0 Å². The summed E-state index contributed by atoms with van der Waals surface area (Å²) in [7, 11) is 0. The van der Waals surface area contributed by atoms with Gasteiger partial charge in [0.1, 0.15) is 0 Å². The van der Waals surface area contributed by atoms with E-state index < -0.39 is 0 Å². The highest BCUT2D eigenvalue weighted by molar-refractivity contribution is 7.18. The lowest BCUT2D eigenvalue weighted by atomic mass is 10.2. The summed E-state index contributed by atoms with van der Waals surface area (Å²) in [6, 6.07) is 5.32. The molecule has 0 aliphatic carbocycles. The van der Waals surface area contributed by atoms with Crippen LogP contribution in [0.15, 0.2) is 18.2 Å². The van der Waals surface area contributed by atoms with Crippen LogP contribution in [0.5, 0.6) is 0 Å². The van der Waals surface area contributed by atoms with Crippen molar-refractivity contribution in [3.8, 4) is 10.6 Å². The lowest BCUT2D eigenvalue weighted by Gasteiger charge is -1.99. The molecule has 0 spiro atoms. The molecule has 1 heterocycles. The largest absolute Gasteiger partial charge is 0.360 e. The Morgan fingerprint density at radius 1 is 1.29 bits per heavy atom. The van der Waals surface area contributed by atoms with Crippen LogP contribution in [0.2, 0.25) is 10.0 Å². The van der Waals surface area contributed by atoms with Crippen LogP contribution in [-0.4, -0.2) is 16.7 Å². The molecule has 0 atom stereocenters. The topological polar surface area (TPSA) is 37.8 Å². The third kappa shape index (κ3) is 3.09. The number of anilines is 1. The van der Waals surface area contributed by atoms with Gasteiger partial charge in [-0.05, 0) is 24.6 Å². The second-order valence-corrected chi connectivity index (χ2v) is 5.28. The molecule has 0 saturated carbocycles. The molecule has 3 nitrogen and oxygen atoms in total. The highest BCUT2D eigenvalue weighted by Gasteiger charge is 2.10. The maximum Gasteiger partial charge on any atom is 0.206 e. The highest BCUT2D eigenvalue weighted by atomic mass is 35.5. The summed E-state index contributed by atoms with van der Waals surface area (Å²) in [6.07, 6.45) is 1.05. The molecule has 0 bridgehead atoms. The molecule has 0 saturated heterocycles. The predicted molar refractivity (Wildman–Crippen MR) is 74.1 cm³/mol. The quantitative estimate of drug-likeness (QED) is 0.909. The Morgan fingerprint density at radius 2 is 2.12 bits per heavy atom. The molecule has 0 unspecified atom stereocenters. The summed E-state index contributed by atoms with van der Waals surface area (Å²) in [5.74, 6) is 0. The average Bonchev–Trinajstić information content (AvgIpc) is 2.78. The summed E-state index contributed by atoms with van der Waals surface area (Å²) in [5.41, 5.74) is 0.821. The van der Waals surface area contributed by atoms with Crippen LogP contribution in [0.25, 0.3) is 10.6 Å². The summed E-state index contributed by atoms with van der Waals surface area (Å²) >= 11 is 13.5. The van der Waals surface area contributed by atoms with Crippen molar-refractivity contribution in [1.29, 1.82) is 0 Å². The standard InChI is InChI=1S/C11H11Cl2N3S/c1-2-5-14-11-16-15-10(17-11)8-6-7(12)3-4-9(8)13/h3-4,6H,2,5H2,1H3,(H,14,16). The Labute approximate surface area is 114 Å². The summed E-state index contributed by atoms with van der Waals surface area (Å²) in [5, 5.41) is 14.2. The zero-order chi connectivity index (χ0) is 12.3. The maximum atomic E-state index is 6.10. The van der Waals surface area contributed by atoms with Gasteiger partial charge in [0, 0.05) is 17.1 Å². The molecule has 17 heavy (non-hydrogen) atoms. The number of nitrogens with one attached hydrogen (secondary N) is 1. The first-order valence-electron chi connectivity index (χ1n) is 5.23. The Hall–Kier alpha value is -0.840. The van der Waals surface area contributed by atoms with Gasteiger partial charge in [-0.25, -0.2) is 0 Å². The summed E-state index contributed by atoms with van der Waals surface area (Å²) < 4.78 is 0. The number of aromatic nitrogens is 2. The molecule has 1 aromatic carbocycles. The SMILES string of the molecule is CCCNc1nnc(-c2cc(Cl)ccc2Cl)s1. The molecule has 1 aromatic heterocycles. The lowest BCUT2D eigenvalue weighted by molar-refractivity contribution is 0.964. The third-order valence-corrected chi connectivity index (χ3v) is 3.59. The van der Waals surface area contributed by atoms with Crippen LogP contribution in [0.3, 0.4) is 0 Å². The van der Waals surface area contributed by atoms with Crippen molar-refractivity contribution < 1.29 is 0 Å². The van der Waals surface area contributed by atoms with Crippen molar-refractivity contribution >= 4 is 39.7 Å². The summed E-state index contributed by atoms with van der Waals surface area (Å²) in [6.45, 7) is 2.99. The Bertz CT molecular complexity index is 513. The fraction of sp³-hybridized carbons (Fsp3) is 0.273. The average molecular weight is 288 g/mol. The van der Waals surface area contributed by atoms with E-state index >= 15 is 0 Å². The first-order chi connectivity index (χ1) is 8.20. The van der Waals surface area contributed by atoms with Gasteiger partial charge in [-0.1, -0.05) is 41.5 Å². The molecule has 1 N–H and O–H groups in total. The van der Waals surface area contributed by atoms with E-state index in [-0.39, 0.29) is 0 Å². The third-order valence-electron chi connectivity index (χ3n) is 2.11. The first-order valence-corrected chi connectivity index (χ1v) is 6.80. The molecule has 2 aromatic rings. The van der Waals surface area contributed by atoms with Gasteiger partial charge in [-0.2, -0.15) is 0 Å². The molecule has 90 valence electrons. The van der Waals surface area contributed by atoms with E-state index in [0.29, 0.717) is 10.0 Å². The normalized spacial score (nSPS) is 10.5. The minimum absolute atomic E-state index is 0.632. The molecular weight excluding hydrogens is 277 g/mol. The van der Waals surface area contributed by atoms with E-state index in [9.17, 15) is 0 Å². The highest BCUT2D eigenvalue weighted by Crippen LogP contribution is 2.33. The van der Waals surface area contributed by atoms with Crippen molar-refractivity contribution in [3.63, 3.8) is 0 Å². The molecule has 6 heteroatoms. The molecule has 0 fully saturated rings. The number of benzene rings is 1. The number of hydrogen-bond donors (Lipinski definition) is 1. The van der Waals surface area contributed by atoms with E-state index in [1.54, 1.807) is 18.2 Å². The van der Waals surface area contributed by atoms with Gasteiger partial charge in [-0.3, -0.25) is 0 Å². The lowest BCUT2D eigenvalue weighted by Crippen LogP contribution is -1.98. The maximum absolute atomic E-state index is 6.10. The molecular formula is C11H11Cl2N3S. The van der Waals surface area contributed by atoms with Crippen LogP contribution < -0.4 is 5.32 Å². The monoisotopic (exact) mass is 287 g/mol. The molecule has 0 amide bonds. The van der Waals surface area contributed by atoms with Crippen LogP contribution in [0.4, 0.5) is 5.13 Å². The van der Waals surface area contributed by atoms with Crippen molar-refractivity contribution in [2.24, 2.45) is 0 Å². The van der Waals surface area contributed by atoms with Gasteiger partial charge in [0.15, 0.2) is 5.01 Å². The van der Waals surface area contributed by atoms with Crippen LogP contribution in [0.1, 0.15) is 13.3 Å². The Morgan fingerprint density at radius 3 is 2.88 bits per heavy atom. The number of rotatable bonds is 4. The minimum Gasteiger partial charge on any atom is -0.360 e. The Balaban J connectivity index is 2.27. The van der Waals surface area contributed by atoms with E-state index in [0.717, 1.165) is 28.7 Å². The number of hydrogen-bond acceptors (Lipinski definition) is 4. The van der Waals surface area contributed by atoms with Crippen molar-refractivity contribution in [1.82, 2.24) is 10.2 Å². The van der Waals surface area contributed by atoms with Gasteiger partial charge in [0.2, 0.25) is 5.13 Å². The van der Waals surface area contributed by atoms with Crippen LogP contribution >= 0.6 is 34.5 Å². The molecule has 2 rings (SSSR count). The van der Waals surface area contributed by atoms with E-state index in [2.05, 4.69) is 22.4 Å². The Kier molecular flexibility index (Phi) is 4.20. The fourth-order valence-corrected chi connectivity index (χ4v) is 2.53. The first kappa shape index (κ1) is 12.6. The van der Waals surface area contributed by atoms with Crippen LogP contribution in [0, 0.1) is 0 Å². The van der Waals surface area contributed by atoms with Gasteiger partial charge in [0.05, 0.1) is 5.02 Å². The van der Waals surface area contributed by atoms with Crippen molar-refractivity contribution in [3.05, 3.63) is 28.2 Å². The van der Waals surface area contributed by atoms with Crippen molar-refractivity contribution in [2.75, 3.05) is 11.9 Å². The minimum atomic E-state index is 0.632. The predicted octanol–water partition coefficient (Wildman–Crippen LogP) is 4.33. The molecule has 0 aliphatic rings. The van der Waals surface area contributed by atoms with Gasteiger partial charge < -0.3 is 5.32 Å². The summed E-state index contributed by atoms with van der Waals surface area (Å²) in [4.78, 5) is 0. The molecule has 0 radical (unpaired) electrons. The number of halogens is 2. The fourth-order valence-electron chi connectivity index (χ4n) is 1.30. The van der Waals surface area contributed by atoms with E-state index in [1.807, 2.05) is 0 Å². The second kappa shape index (κ2) is 5.67. The van der Waals surface area contributed by atoms with Gasteiger partial charge in [0.25, 0.3) is 0 Å². The second-order valence-electron chi connectivity index (χ2n) is 3.46. The zero-order valence-corrected chi connectivity index (χ0v) is 11.5. The van der Waals surface area contributed by atoms with E-state index in [4.69, 9.17) is 23.2 Å². The van der Waals surface area contributed by atoms with Crippen molar-refractivity contribution in [2.45, 2.75) is 13.3 Å². The number of nitrogens with zero attached hydrogens (tertiary/aromatic N) is 2. The zero-order valence-electron chi connectivity index (χ0n) is 9.20. The molecule has 0 aliphatic heterocycles. The van der Waals surface area contributed by atoms with Gasteiger partial charge in [-0.15, -0.1) is 10.2 Å². The van der Waals surface area contributed by atoms with Gasteiger partial charge >= 0.3 is 0 Å².